The lowest BCUT2D eigenvalue weighted by atomic mass is 9.93. The van der Waals surface area contributed by atoms with Gasteiger partial charge in [0.2, 0.25) is 0 Å². The summed E-state index contributed by atoms with van der Waals surface area (Å²) in [6.07, 6.45) is 3.18. The Hall–Kier alpha value is -1.51. The van der Waals surface area contributed by atoms with Crippen molar-refractivity contribution in [2.24, 2.45) is 0 Å². The van der Waals surface area contributed by atoms with Crippen molar-refractivity contribution in [1.29, 1.82) is 0 Å². The summed E-state index contributed by atoms with van der Waals surface area (Å²) >= 11 is 2.01. The molecule has 1 aliphatic heterocycles. The maximum atomic E-state index is 3.88. The van der Waals surface area contributed by atoms with E-state index in [0.717, 1.165) is 12.3 Å². The highest BCUT2D eigenvalue weighted by molar-refractivity contribution is 8.00. The predicted molar refractivity (Wildman–Crippen MR) is 98.3 cm³/mol. The maximum Gasteiger partial charge on any atom is 0.0550 e. The van der Waals surface area contributed by atoms with Crippen molar-refractivity contribution in [3.8, 4) is 11.1 Å². The molecule has 2 atom stereocenters. The highest BCUT2D eigenvalue weighted by Gasteiger charge is 2.38. The van der Waals surface area contributed by atoms with Gasteiger partial charge in [-0.15, -0.1) is 18.3 Å². The van der Waals surface area contributed by atoms with E-state index in [4.69, 9.17) is 0 Å². The average molecular weight is 309 g/mol. The predicted octanol–water partition coefficient (Wildman–Crippen LogP) is 4.85. The zero-order valence-corrected chi connectivity index (χ0v) is 13.9. The van der Waals surface area contributed by atoms with Crippen LogP contribution in [-0.4, -0.2) is 18.3 Å². The first kappa shape index (κ1) is 15.4. The minimum Gasteiger partial charge on any atom is -0.312 e. The molecule has 0 bridgehead atoms. The summed E-state index contributed by atoms with van der Waals surface area (Å²) in [6.45, 7) is 7.19. The van der Waals surface area contributed by atoms with Crippen LogP contribution in [0.1, 0.15) is 18.9 Å². The number of thioether (sulfide) groups is 1. The molecule has 0 radical (unpaired) electrons. The first-order chi connectivity index (χ1) is 10.7. The second kappa shape index (κ2) is 6.72. The first-order valence-corrected chi connectivity index (χ1v) is 8.86. The van der Waals surface area contributed by atoms with Gasteiger partial charge in [0.05, 0.1) is 4.75 Å². The van der Waals surface area contributed by atoms with Crippen molar-refractivity contribution < 1.29 is 0 Å². The van der Waals surface area contributed by atoms with Gasteiger partial charge in [-0.05, 0) is 30.0 Å². The molecule has 2 aromatic rings. The topological polar surface area (TPSA) is 12.0 Å². The molecule has 1 nitrogen and oxygen atoms in total. The van der Waals surface area contributed by atoms with Crippen LogP contribution in [0.5, 0.6) is 0 Å². The monoisotopic (exact) mass is 309 g/mol. The lowest BCUT2D eigenvalue weighted by Gasteiger charge is -2.28. The van der Waals surface area contributed by atoms with E-state index in [-0.39, 0.29) is 4.75 Å². The van der Waals surface area contributed by atoms with E-state index < -0.39 is 0 Å². The van der Waals surface area contributed by atoms with Gasteiger partial charge in [-0.3, -0.25) is 0 Å². The molecule has 1 aliphatic rings. The van der Waals surface area contributed by atoms with Gasteiger partial charge in [-0.1, -0.05) is 60.7 Å². The smallest absolute Gasteiger partial charge is 0.0550 e. The van der Waals surface area contributed by atoms with E-state index >= 15 is 0 Å². The van der Waals surface area contributed by atoms with Crippen molar-refractivity contribution in [3.63, 3.8) is 0 Å². The summed E-state index contributed by atoms with van der Waals surface area (Å²) in [5.41, 5.74) is 3.99. The second-order valence-electron chi connectivity index (χ2n) is 6.02. The summed E-state index contributed by atoms with van der Waals surface area (Å²) in [6, 6.07) is 20.3. The van der Waals surface area contributed by atoms with Crippen molar-refractivity contribution in [1.82, 2.24) is 5.32 Å². The van der Waals surface area contributed by atoms with E-state index in [0.29, 0.717) is 6.04 Å². The summed E-state index contributed by atoms with van der Waals surface area (Å²) in [5.74, 6) is 0.995. The van der Waals surface area contributed by atoms with Crippen molar-refractivity contribution in [2.75, 3.05) is 12.3 Å². The second-order valence-corrected chi connectivity index (χ2v) is 7.43. The molecule has 0 spiro atoms. The van der Waals surface area contributed by atoms with Crippen LogP contribution in [0.15, 0.2) is 67.3 Å². The molecule has 1 fully saturated rings. The Morgan fingerprint density at radius 1 is 1.14 bits per heavy atom. The van der Waals surface area contributed by atoms with Crippen LogP contribution in [0.3, 0.4) is 0 Å². The summed E-state index contributed by atoms with van der Waals surface area (Å²) in [4.78, 5) is 0. The van der Waals surface area contributed by atoms with E-state index in [2.05, 4.69) is 73.4 Å². The van der Waals surface area contributed by atoms with Crippen LogP contribution in [0, 0.1) is 0 Å². The third-order valence-electron chi connectivity index (χ3n) is 4.37. The number of rotatable bonds is 5. The van der Waals surface area contributed by atoms with Crippen LogP contribution < -0.4 is 5.32 Å². The SMILES string of the molecule is C=CCSC1(c2ccc(-c3ccccc3)cc2)CNC(C)C1. The zero-order valence-electron chi connectivity index (χ0n) is 13.1. The van der Waals surface area contributed by atoms with Gasteiger partial charge in [0.15, 0.2) is 0 Å². The molecule has 0 aromatic heterocycles. The third kappa shape index (κ3) is 3.13. The number of hydrogen-bond donors (Lipinski definition) is 1. The highest BCUT2D eigenvalue weighted by atomic mass is 32.2. The minimum absolute atomic E-state index is 0.183. The molecule has 114 valence electrons. The van der Waals surface area contributed by atoms with Gasteiger partial charge in [0.1, 0.15) is 0 Å². The Kier molecular flexibility index (Phi) is 4.70. The van der Waals surface area contributed by atoms with Crippen molar-refractivity contribution >= 4 is 11.8 Å². The van der Waals surface area contributed by atoms with Gasteiger partial charge >= 0.3 is 0 Å². The van der Waals surface area contributed by atoms with E-state index in [1.54, 1.807) is 0 Å². The van der Waals surface area contributed by atoms with Crippen molar-refractivity contribution in [3.05, 3.63) is 72.8 Å². The molecule has 1 saturated heterocycles. The van der Waals surface area contributed by atoms with Gasteiger partial charge in [0.25, 0.3) is 0 Å². The molecule has 1 N–H and O–H groups in total. The van der Waals surface area contributed by atoms with Crippen LogP contribution in [0.4, 0.5) is 0 Å². The van der Waals surface area contributed by atoms with Crippen LogP contribution in [-0.2, 0) is 4.75 Å². The maximum absolute atomic E-state index is 3.88. The van der Waals surface area contributed by atoms with E-state index in [1.807, 2.05) is 17.8 Å². The standard InChI is InChI=1S/C20H23NS/c1-3-13-22-20(14-16(2)21-15-20)19-11-9-18(10-12-19)17-7-5-4-6-8-17/h3-12,16,21H,1,13-15H2,2H3. The number of nitrogens with one attached hydrogen (secondary N) is 1. The summed E-state index contributed by atoms with van der Waals surface area (Å²) < 4.78 is 0.183. The highest BCUT2D eigenvalue weighted by Crippen LogP contribution is 2.44. The molecule has 2 heteroatoms. The largest absolute Gasteiger partial charge is 0.312 e. The van der Waals surface area contributed by atoms with Crippen LogP contribution in [0.2, 0.25) is 0 Å². The van der Waals surface area contributed by atoms with Gasteiger partial charge in [0, 0.05) is 18.3 Å². The molecule has 3 rings (SSSR count). The number of hydrogen-bond acceptors (Lipinski definition) is 2. The quantitative estimate of drug-likeness (QED) is 0.792. The third-order valence-corrected chi connectivity index (χ3v) is 5.87. The molecule has 0 saturated carbocycles. The van der Waals surface area contributed by atoms with Gasteiger partial charge in [-0.25, -0.2) is 0 Å². The molecule has 2 unspecified atom stereocenters. The average Bonchev–Trinajstić information content (AvgIpc) is 2.96. The molecule has 0 aliphatic carbocycles. The number of benzene rings is 2. The lowest BCUT2D eigenvalue weighted by molar-refractivity contribution is 0.644. The first-order valence-electron chi connectivity index (χ1n) is 7.88. The molecular weight excluding hydrogens is 286 g/mol. The fourth-order valence-corrected chi connectivity index (χ4v) is 4.50. The fourth-order valence-electron chi connectivity index (χ4n) is 3.21. The Morgan fingerprint density at radius 2 is 1.82 bits per heavy atom. The zero-order chi connectivity index (χ0) is 15.4. The van der Waals surface area contributed by atoms with Crippen molar-refractivity contribution in [2.45, 2.75) is 24.1 Å². The molecular formula is C20H23NS. The minimum atomic E-state index is 0.183. The Morgan fingerprint density at radius 3 is 2.41 bits per heavy atom. The molecule has 22 heavy (non-hydrogen) atoms. The van der Waals surface area contributed by atoms with Gasteiger partial charge < -0.3 is 5.32 Å². The Balaban J connectivity index is 1.88. The summed E-state index contributed by atoms with van der Waals surface area (Å²) in [7, 11) is 0. The van der Waals surface area contributed by atoms with E-state index in [9.17, 15) is 0 Å². The molecule has 0 amide bonds. The van der Waals surface area contributed by atoms with E-state index in [1.165, 1.54) is 23.1 Å². The summed E-state index contributed by atoms with van der Waals surface area (Å²) in [5, 5.41) is 3.61. The fraction of sp³-hybridized carbons (Fsp3) is 0.300. The Labute approximate surface area is 137 Å². The van der Waals surface area contributed by atoms with Crippen LogP contribution in [0.25, 0.3) is 11.1 Å². The normalized spacial score (nSPS) is 24.3. The van der Waals surface area contributed by atoms with Gasteiger partial charge in [-0.2, -0.15) is 0 Å². The molecule has 1 heterocycles. The van der Waals surface area contributed by atoms with Crippen LogP contribution >= 0.6 is 11.8 Å². The lowest BCUT2D eigenvalue weighted by Crippen LogP contribution is -2.25. The Bertz CT molecular complexity index is 620. The molecule has 2 aromatic carbocycles.